The molecule has 1 fully saturated rings. The highest BCUT2D eigenvalue weighted by molar-refractivity contribution is 5.96. The molecule has 2 heterocycles. The average Bonchev–Trinajstić information content (AvgIpc) is 2.95. The van der Waals surface area contributed by atoms with Crippen LogP contribution in [0, 0.1) is 19.7 Å². The maximum atomic E-state index is 13.2. The average molecular weight is 345 g/mol. The number of aryl methyl sites for hydroxylation is 2. The molecular weight excluding hydrogens is 325 g/mol. The Morgan fingerprint density at radius 1 is 1.28 bits per heavy atom. The van der Waals surface area contributed by atoms with Crippen LogP contribution in [0.2, 0.25) is 0 Å². The van der Waals surface area contributed by atoms with Gasteiger partial charge in [-0.2, -0.15) is 5.10 Å². The number of nitrogens with zero attached hydrogens (tertiary/aromatic N) is 3. The first-order valence-corrected chi connectivity index (χ1v) is 8.08. The molecular formula is C18H20FN3O3. The molecule has 1 aromatic heterocycles. The summed E-state index contributed by atoms with van der Waals surface area (Å²) in [6.07, 6.45) is -0.341. The van der Waals surface area contributed by atoms with Gasteiger partial charge in [0.05, 0.1) is 17.8 Å². The second-order valence-corrected chi connectivity index (χ2v) is 6.43. The Morgan fingerprint density at radius 3 is 2.56 bits per heavy atom. The third-order valence-corrected chi connectivity index (χ3v) is 4.73. The zero-order chi connectivity index (χ0) is 18.3. The molecule has 7 heteroatoms. The predicted molar refractivity (Wildman–Crippen MR) is 89.8 cm³/mol. The molecule has 2 aromatic rings. The first-order chi connectivity index (χ1) is 11.8. The van der Waals surface area contributed by atoms with E-state index in [9.17, 15) is 19.1 Å². The second-order valence-electron chi connectivity index (χ2n) is 6.43. The number of carbonyl (C=O) groups is 1. The van der Waals surface area contributed by atoms with E-state index in [-0.39, 0.29) is 17.9 Å². The van der Waals surface area contributed by atoms with Crippen molar-refractivity contribution in [3.8, 4) is 0 Å². The van der Waals surface area contributed by atoms with Crippen molar-refractivity contribution in [3.05, 3.63) is 62.8 Å². The summed E-state index contributed by atoms with van der Waals surface area (Å²) in [6, 6.07) is 5.44. The van der Waals surface area contributed by atoms with Crippen molar-refractivity contribution < 1.29 is 14.3 Å². The number of hydrogen-bond donors (Lipinski definition) is 1. The van der Waals surface area contributed by atoms with E-state index < -0.39 is 23.6 Å². The summed E-state index contributed by atoms with van der Waals surface area (Å²) in [6.45, 7) is 3.56. The fraction of sp³-hybridized carbons (Fsp3) is 0.389. The molecule has 6 nitrogen and oxygen atoms in total. The number of amides is 1. The van der Waals surface area contributed by atoms with E-state index in [1.54, 1.807) is 26.0 Å². The minimum absolute atomic E-state index is 0.0659. The number of aliphatic hydroxyl groups is 1. The summed E-state index contributed by atoms with van der Waals surface area (Å²) in [4.78, 5) is 27.0. The molecule has 3 rings (SSSR count). The highest BCUT2D eigenvalue weighted by Gasteiger charge is 2.37. The number of likely N-dealkylation sites (tertiary alicyclic amines) is 1. The smallest absolute Gasteiger partial charge is 0.279 e. The minimum Gasteiger partial charge on any atom is -0.391 e. The highest BCUT2D eigenvalue weighted by Crippen LogP contribution is 2.33. The van der Waals surface area contributed by atoms with Crippen LogP contribution in [0.3, 0.4) is 0 Å². The molecule has 2 atom stereocenters. The summed E-state index contributed by atoms with van der Waals surface area (Å²) in [5.74, 6) is -0.802. The molecule has 1 N–H and O–H groups in total. The lowest BCUT2D eigenvalue weighted by atomic mass is 10.0. The largest absolute Gasteiger partial charge is 0.391 e. The fourth-order valence-electron chi connectivity index (χ4n) is 3.28. The molecule has 1 aliphatic rings. The first kappa shape index (κ1) is 17.3. The van der Waals surface area contributed by atoms with Gasteiger partial charge in [0.1, 0.15) is 11.4 Å². The van der Waals surface area contributed by atoms with Gasteiger partial charge in [0, 0.05) is 13.6 Å². The van der Waals surface area contributed by atoms with Crippen molar-refractivity contribution in [2.24, 2.45) is 7.05 Å². The van der Waals surface area contributed by atoms with E-state index in [1.807, 2.05) is 0 Å². The highest BCUT2D eigenvalue weighted by atomic mass is 19.1. The summed E-state index contributed by atoms with van der Waals surface area (Å²) < 4.78 is 14.3. The third kappa shape index (κ3) is 3.07. The molecule has 1 aromatic carbocycles. The fourth-order valence-corrected chi connectivity index (χ4v) is 3.28. The number of benzene rings is 1. The molecule has 25 heavy (non-hydrogen) atoms. The zero-order valence-electron chi connectivity index (χ0n) is 14.4. The standard InChI is InChI=1S/C18H20FN3O3/c1-10-11(2)20-21(3)17(24)16(10)18(25)22-9-14(23)8-15(22)12-4-6-13(19)7-5-12/h4-7,14-15,23H,8-9H2,1-3H3. The van der Waals surface area contributed by atoms with Crippen LogP contribution in [-0.4, -0.2) is 38.3 Å². The molecule has 132 valence electrons. The Labute approximate surface area is 144 Å². The summed E-state index contributed by atoms with van der Waals surface area (Å²) in [7, 11) is 1.50. The summed E-state index contributed by atoms with van der Waals surface area (Å²) in [5.41, 5.74) is 1.46. The van der Waals surface area contributed by atoms with Crippen molar-refractivity contribution in [2.45, 2.75) is 32.4 Å². The lowest BCUT2D eigenvalue weighted by Gasteiger charge is -2.25. The van der Waals surface area contributed by atoms with Crippen LogP contribution in [0.5, 0.6) is 0 Å². The summed E-state index contributed by atoms with van der Waals surface area (Å²) >= 11 is 0. The number of β-amino-alcohol motifs (C(OH)–C–C–N with tert-alkyl or cyclic N) is 1. The van der Waals surface area contributed by atoms with Crippen LogP contribution in [-0.2, 0) is 7.05 Å². The molecule has 0 bridgehead atoms. The van der Waals surface area contributed by atoms with Crippen LogP contribution in [0.25, 0.3) is 0 Å². The summed E-state index contributed by atoms with van der Waals surface area (Å²) in [5, 5.41) is 14.2. The molecule has 2 unspecified atom stereocenters. The minimum atomic E-state index is -0.689. The Kier molecular flexibility index (Phi) is 4.43. The van der Waals surface area contributed by atoms with Gasteiger partial charge in [-0.25, -0.2) is 9.07 Å². The Balaban J connectivity index is 2.04. The van der Waals surface area contributed by atoms with Gasteiger partial charge in [-0.3, -0.25) is 9.59 Å². The molecule has 0 radical (unpaired) electrons. The number of halogens is 1. The molecule has 1 aliphatic heterocycles. The van der Waals surface area contributed by atoms with E-state index in [1.165, 1.54) is 24.1 Å². The van der Waals surface area contributed by atoms with Crippen LogP contribution in [0.4, 0.5) is 4.39 Å². The van der Waals surface area contributed by atoms with Crippen LogP contribution < -0.4 is 5.56 Å². The number of aromatic nitrogens is 2. The lowest BCUT2D eigenvalue weighted by molar-refractivity contribution is 0.0712. The van der Waals surface area contributed by atoms with Crippen molar-refractivity contribution in [1.29, 1.82) is 0 Å². The van der Waals surface area contributed by atoms with Gasteiger partial charge >= 0.3 is 0 Å². The second kappa shape index (κ2) is 6.40. The molecule has 0 saturated carbocycles. The van der Waals surface area contributed by atoms with E-state index in [0.717, 1.165) is 10.2 Å². The van der Waals surface area contributed by atoms with E-state index >= 15 is 0 Å². The quantitative estimate of drug-likeness (QED) is 0.895. The van der Waals surface area contributed by atoms with Crippen molar-refractivity contribution in [2.75, 3.05) is 6.54 Å². The van der Waals surface area contributed by atoms with Crippen molar-refractivity contribution in [3.63, 3.8) is 0 Å². The third-order valence-electron chi connectivity index (χ3n) is 4.73. The van der Waals surface area contributed by atoms with Gasteiger partial charge in [-0.05, 0) is 43.5 Å². The maximum Gasteiger partial charge on any atom is 0.279 e. The monoisotopic (exact) mass is 345 g/mol. The molecule has 1 amide bonds. The van der Waals surface area contributed by atoms with E-state index in [0.29, 0.717) is 17.7 Å². The zero-order valence-corrected chi connectivity index (χ0v) is 14.4. The van der Waals surface area contributed by atoms with Crippen molar-refractivity contribution >= 4 is 5.91 Å². The Morgan fingerprint density at radius 2 is 1.92 bits per heavy atom. The SMILES string of the molecule is Cc1nn(C)c(=O)c(C(=O)N2CC(O)CC2c2ccc(F)cc2)c1C. The van der Waals surface area contributed by atoms with Gasteiger partial charge in [-0.1, -0.05) is 12.1 Å². The number of rotatable bonds is 2. The van der Waals surface area contributed by atoms with E-state index in [4.69, 9.17) is 0 Å². The number of aliphatic hydroxyl groups excluding tert-OH is 1. The van der Waals surface area contributed by atoms with Crippen LogP contribution >= 0.6 is 0 Å². The predicted octanol–water partition coefficient (Wildman–Crippen LogP) is 1.48. The van der Waals surface area contributed by atoms with Gasteiger partial charge in [-0.15, -0.1) is 0 Å². The van der Waals surface area contributed by atoms with E-state index in [2.05, 4.69) is 5.10 Å². The molecule has 0 aliphatic carbocycles. The topological polar surface area (TPSA) is 75.4 Å². The van der Waals surface area contributed by atoms with Gasteiger partial charge < -0.3 is 10.0 Å². The Bertz CT molecular complexity index is 876. The van der Waals surface area contributed by atoms with Gasteiger partial charge in [0.2, 0.25) is 0 Å². The van der Waals surface area contributed by atoms with Crippen molar-refractivity contribution in [1.82, 2.24) is 14.7 Å². The first-order valence-electron chi connectivity index (χ1n) is 8.08. The molecule has 1 saturated heterocycles. The van der Waals surface area contributed by atoms with Gasteiger partial charge in [0.25, 0.3) is 11.5 Å². The molecule has 0 spiro atoms. The number of carbonyl (C=O) groups excluding carboxylic acids is 1. The Hall–Kier alpha value is -2.54. The van der Waals surface area contributed by atoms with Crippen LogP contribution in [0.1, 0.15) is 39.6 Å². The number of hydrogen-bond acceptors (Lipinski definition) is 4. The maximum absolute atomic E-state index is 13.2. The normalized spacial score (nSPS) is 20.1. The van der Waals surface area contributed by atoms with Gasteiger partial charge in [0.15, 0.2) is 0 Å². The lowest BCUT2D eigenvalue weighted by Crippen LogP contribution is -2.38. The van der Waals surface area contributed by atoms with Crippen LogP contribution in [0.15, 0.2) is 29.1 Å².